The molecule has 0 aliphatic carbocycles. The van der Waals surface area contributed by atoms with Crippen molar-refractivity contribution in [1.29, 1.82) is 0 Å². The fourth-order valence-electron chi connectivity index (χ4n) is 0. The fraction of sp³-hybridized carbons (Fsp3) is 0. The van der Waals surface area contributed by atoms with E-state index in [1.54, 1.807) is 0 Å². The third-order valence-electron chi connectivity index (χ3n) is 0. The maximum absolute atomic E-state index is 9.00. The minimum atomic E-state index is -0.833. The average Bonchev–Trinajstić information content (AvgIpc) is 0.811. The van der Waals surface area contributed by atoms with E-state index >= 15 is 0 Å². The topological polar surface area (TPSA) is 69.1 Å². The molecule has 0 unspecified atom stereocenters. The van der Waals surface area contributed by atoms with E-state index in [-0.39, 0.29) is 17.1 Å². The van der Waals surface area contributed by atoms with Crippen molar-refractivity contribution < 1.29 is 21.9 Å². The van der Waals surface area contributed by atoms with E-state index in [1.807, 2.05) is 0 Å². The fourth-order valence-corrected chi connectivity index (χ4v) is 0. The Morgan fingerprint density at radius 2 is 1.40 bits per heavy atom. The molecule has 4 N–H and O–H groups in total. The standard InChI is InChI=1S/CH4N2O.Mn/c2-1(3)4;/h(H4,2,3,4);. The molecule has 0 spiro atoms. The van der Waals surface area contributed by atoms with Gasteiger partial charge in [0.25, 0.3) is 0 Å². The van der Waals surface area contributed by atoms with Gasteiger partial charge in [-0.25, -0.2) is 4.79 Å². The predicted octanol–water partition coefficient (Wildman–Crippen LogP) is -0.979. The second-order valence-electron chi connectivity index (χ2n) is 0.402. The Morgan fingerprint density at radius 3 is 1.40 bits per heavy atom. The van der Waals surface area contributed by atoms with Gasteiger partial charge >= 0.3 is 6.03 Å². The summed E-state index contributed by atoms with van der Waals surface area (Å²) in [5.41, 5.74) is 8.50. The van der Waals surface area contributed by atoms with Gasteiger partial charge < -0.3 is 11.5 Å². The molecule has 0 saturated carbocycles. The zero-order valence-corrected chi connectivity index (χ0v) is 3.62. The first-order valence-corrected chi connectivity index (χ1v) is 0.781. The zero-order chi connectivity index (χ0) is 3.58. The summed E-state index contributed by atoms with van der Waals surface area (Å²) < 4.78 is 0. The molecule has 1 radical (unpaired) electrons. The quantitative estimate of drug-likeness (QED) is 0.391. The molecule has 2 amide bonds. The zero-order valence-electron chi connectivity index (χ0n) is 2.44. The second-order valence-corrected chi connectivity index (χ2v) is 0.402. The van der Waals surface area contributed by atoms with Gasteiger partial charge in [0, 0.05) is 17.1 Å². The van der Waals surface area contributed by atoms with Crippen molar-refractivity contribution in [2.24, 2.45) is 11.5 Å². The Labute approximate surface area is 40.2 Å². The largest absolute Gasteiger partial charge is 0.352 e. The number of hydrogen-bond acceptors (Lipinski definition) is 1. The minimum Gasteiger partial charge on any atom is -0.352 e. The summed E-state index contributed by atoms with van der Waals surface area (Å²) in [6.07, 6.45) is 0. The van der Waals surface area contributed by atoms with Crippen molar-refractivity contribution in [3.05, 3.63) is 0 Å². The first kappa shape index (κ1) is 8.84. The van der Waals surface area contributed by atoms with Gasteiger partial charge in [0.2, 0.25) is 0 Å². The van der Waals surface area contributed by atoms with Crippen molar-refractivity contribution in [1.82, 2.24) is 0 Å². The van der Waals surface area contributed by atoms with Crippen LogP contribution in [0, 0.1) is 0 Å². The van der Waals surface area contributed by atoms with Crippen molar-refractivity contribution in [2.45, 2.75) is 0 Å². The Balaban J connectivity index is 0. The molecule has 5 heavy (non-hydrogen) atoms. The summed E-state index contributed by atoms with van der Waals surface area (Å²) in [6, 6.07) is -0.833. The number of carbonyl (C=O) groups is 1. The number of nitrogens with two attached hydrogens (primary N) is 2. The third kappa shape index (κ3) is 274. The molecule has 0 saturated heterocycles. The molecule has 31 valence electrons. The summed E-state index contributed by atoms with van der Waals surface area (Å²) in [7, 11) is 0. The summed E-state index contributed by atoms with van der Waals surface area (Å²) in [4.78, 5) is 9.00. The first-order valence-electron chi connectivity index (χ1n) is 0.781. The smallest absolute Gasteiger partial charge is 0.309 e. The predicted molar refractivity (Wildman–Crippen MR) is 13.8 cm³/mol. The van der Waals surface area contributed by atoms with Crippen LogP contribution in [0.2, 0.25) is 0 Å². The van der Waals surface area contributed by atoms with Crippen molar-refractivity contribution >= 4 is 6.03 Å². The van der Waals surface area contributed by atoms with Crippen molar-refractivity contribution in [3.8, 4) is 0 Å². The molecule has 0 bridgehead atoms. The molecule has 0 atom stereocenters. The third-order valence-corrected chi connectivity index (χ3v) is 0. The Hall–Kier alpha value is -0.211. The van der Waals surface area contributed by atoms with Gasteiger partial charge in [-0.05, 0) is 0 Å². The van der Waals surface area contributed by atoms with Gasteiger partial charge in [0.1, 0.15) is 0 Å². The van der Waals surface area contributed by atoms with Gasteiger partial charge in [-0.1, -0.05) is 0 Å². The number of carbonyl (C=O) groups excluding carboxylic acids is 1. The number of urea groups is 1. The van der Waals surface area contributed by atoms with E-state index in [4.69, 9.17) is 4.79 Å². The maximum atomic E-state index is 9.00. The van der Waals surface area contributed by atoms with Crippen LogP contribution in [0.15, 0.2) is 0 Å². The van der Waals surface area contributed by atoms with Crippen molar-refractivity contribution in [3.63, 3.8) is 0 Å². The molecule has 3 nitrogen and oxygen atoms in total. The normalized spacial score (nSPS) is 4.80. The van der Waals surface area contributed by atoms with Crippen LogP contribution in [0.5, 0.6) is 0 Å². The summed E-state index contributed by atoms with van der Waals surface area (Å²) in [6.45, 7) is 0. The number of rotatable bonds is 0. The Kier molecular flexibility index (Phi) is 6.70. The molecule has 0 rings (SSSR count). The van der Waals surface area contributed by atoms with Gasteiger partial charge in [-0.2, -0.15) is 0 Å². The SMILES string of the molecule is NC(N)=O.[Mn]. The van der Waals surface area contributed by atoms with E-state index in [1.165, 1.54) is 0 Å². The average molecular weight is 115 g/mol. The monoisotopic (exact) mass is 115 g/mol. The van der Waals surface area contributed by atoms with E-state index < -0.39 is 6.03 Å². The number of hydrogen-bond donors (Lipinski definition) is 2. The van der Waals surface area contributed by atoms with Gasteiger partial charge in [0.05, 0.1) is 0 Å². The van der Waals surface area contributed by atoms with Crippen LogP contribution in [0.3, 0.4) is 0 Å². The number of amides is 2. The summed E-state index contributed by atoms with van der Waals surface area (Å²) in [5.74, 6) is 0. The Bertz CT molecular complexity index is 32.6. The number of primary amides is 2. The first-order chi connectivity index (χ1) is 1.73. The molecular formula is CH4MnN2O. The maximum Gasteiger partial charge on any atom is 0.309 e. The van der Waals surface area contributed by atoms with Crippen LogP contribution >= 0.6 is 0 Å². The van der Waals surface area contributed by atoms with Crippen LogP contribution in [-0.4, -0.2) is 6.03 Å². The molecule has 0 aliphatic heterocycles. The van der Waals surface area contributed by atoms with E-state index in [0.29, 0.717) is 0 Å². The van der Waals surface area contributed by atoms with Gasteiger partial charge in [-0.3, -0.25) is 0 Å². The van der Waals surface area contributed by atoms with Crippen LogP contribution in [0.1, 0.15) is 0 Å². The molecule has 4 heteroatoms. The summed E-state index contributed by atoms with van der Waals surface area (Å²) >= 11 is 0. The van der Waals surface area contributed by atoms with Gasteiger partial charge in [0.15, 0.2) is 0 Å². The molecule has 0 aromatic heterocycles. The molecule has 0 heterocycles. The second kappa shape index (κ2) is 3.79. The molecule has 0 fully saturated rings. The van der Waals surface area contributed by atoms with E-state index in [9.17, 15) is 0 Å². The van der Waals surface area contributed by atoms with Crippen molar-refractivity contribution in [2.75, 3.05) is 0 Å². The minimum absolute atomic E-state index is 0. The van der Waals surface area contributed by atoms with Gasteiger partial charge in [-0.15, -0.1) is 0 Å². The van der Waals surface area contributed by atoms with Crippen LogP contribution < -0.4 is 11.5 Å². The van der Waals surface area contributed by atoms with Crippen LogP contribution in [-0.2, 0) is 17.1 Å². The molecule has 0 aromatic carbocycles. The molecule has 0 aromatic rings. The molecular weight excluding hydrogens is 111 g/mol. The summed E-state index contributed by atoms with van der Waals surface area (Å²) in [5, 5.41) is 0. The van der Waals surface area contributed by atoms with E-state index in [0.717, 1.165) is 0 Å². The van der Waals surface area contributed by atoms with Crippen LogP contribution in [0.25, 0.3) is 0 Å². The Morgan fingerprint density at radius 1 is 1.40 bits per heavy atom. The van der Waals surface area contributed by atoms with E-state index in [2.05, 4.69) is 11.5 Å². The molecule has 0 aliphatic rings. The van der Waals surface area contributed by atoms with Crippen LogP contribution in [0.4, 0.5) is 4.79 Å².